The Morgan fingerprint density at radius 2 is 1.83 bits per heavy atom. The van der Waals surface area contributed by atoms with Crippen molar-refractivity contribution >= 4 is 5.78 Å². The molecule has 3 heteroatoms. The Balaban J connectivity index is 1.88. The van der Waals surface area contributed by atoms with Gasteiger partial charge in [0, 0.05) is 35.4 Å². The van der Waals surface area contributed by atoms with E-state index < -0.39 is 0 Å². The fraction of sp³-hybridized carbons (Fsp3) is 0.524. The first-order valence-electron chi connectivity index (χ1n) is 9.01. The molecule has 0 N–H and O–H groups in total. The van der Waals surface area contributed by atoms with Gasteiger partial charge >= 0.3 is 0 Å². The third-order valence-corrected chi connectivity index (χ3v) is 6.65. The van der Waals surface area contributed by atoms with E-state index in [1.807, 2.05) is 0 Å². The van der Waals surface area contributed by atoms with E-state index in [9.17, 15) is 4.79 Å². The number of benzene rings is 1. The van der Waals surface area contributed by atoms with Crippen molar-refractivity contribution in [2.45, 2.75) is 51.9 Å². The fourth-order valence-electron chi connectivity index (χ4n) is 5.33. The van der Waals surface area contributed by atoms with Gasteiger partial charge in [-0.05, 0) is 25.2 Å². The van der Waals surface area contributed by atoms with Gasteiger partial charge in [0.1, 0.15) is 5.78 Å². The molecule has 0 bridgehead atoms. The number of carbonyl (C=O) groups is 1. The van der Waals surface area contributed by atoms with Gasteiger partial charge in [-0.15, -0.1) is 0 Å². The third-order valence-electron chi connectivity index (χ3n) is 6.65. The van der Waals surface area contributed by atoms with Crippen LogP contribution in [0.3, 0.4) is 0 Å². The molecule has 0 aliphatic heterocycles. The molecule has 1 fully saturated rings. The highest BCUT2D eigenvalue weighted by atomic mass is 16.1. The zero-order valence-electron chi connectivity index (χ0n) is 15.1. The SMILES string of the molecule is Cn1nc2c(c1-c1ccccc1)CC[C@H]1C(C)(C)C(=O)CC[C@]21C. The lowest BCUT2D eigenvalue weighted by atomic mass is 9.51. The molecule has 2 atom stereocenters. The maximum Gasteiger partial charge on any atom is 0.138 e. The molecule has 2 aliphatic carbocycles. The van der Waals surface area contributed by atoms with Crippen molar-refractivity contribution in [3.05, 3.63) is 41.6 Å². The summed E-state index contributed by atoms with van der Waals surface area (Å²) in [5.41, 5.74) is 4.89. The summed E-state index contributed by atoms with van der Waals surface area (Å²) in [5.74, 6) is 0.810. The van der Waals surface area contributed by atoms with Gasteiger partial charge in [0.15, 0.2) is 0 Å². The van der Waals surface area contributed by atoms with Gasteiger partial charge in [-0.3, -0.25) is 9.48 Å². The zero-order chi connectivity index (χ0) is 17.1. The number of hydrogen-bond acceptors (Lipinski definition) is 2. The number of aromatic nitrogens is 2. The molecular weight excluding hydrogens is 296 g/mol. The monoisotopic (exact) mass is 322 g/mol. The average Bonchev–Trinajstić information content (AvgIpc) is 2.90. The Kier molecular flexibility index (Phi) is 3.28. The lowest BCUT2D eigenvalue weighted by Crippen LogP contribution is -2.52. The van der Waals surface area contributed by atoms with Gasteiger partial charge in [-0.2, -0.15) is 5.10 Å². The molecule has 4 rings (SSSR count). The Labute approximate surface area is 144 Å². The molecule has 24 heavy (non-hydrogen) atoms. The molecule has 0 spiro atoms. The summed E-state index contributed by atoms with van der Waals surface area (Å²) in [6, 6.07) is 10.6. The van der Waals surface area contributed by atoms with Crippen LogP contribution in [0.15, 0.2) is 30.3 Å². The topological polar surface area (TPSA) is 34.9 Å². The highest BCUT2D eigenvalue weighted by Crippen LogP contribution is 2.56. The molecule has 1 saturated carbocycles. The van der Waals surface area contributed by atoms with E-state index in [2.05, 4.69) is 62.8 Å². The van der Waals surface area contributed by atoms with E-state index in [0.29, 0.717) is 18.1 Å². The molecular formula is C21H26N2O. The van der Waals surface area contributed by atoms with Crippen LogP contribution < -0.4 is 0 Å². The Morgan fingerprint density at radius 1 is 1.12 bits per heavy atom. The molecule has 1 aromatic heterocycles. The van der Waals surface area contributed by atoms with Crippen LogP contribution in [0.25, 0.3) is 11.3 Å². The molecule has 0 saturated heterocycles. The van der Waals surface area contributed by atoms with E-state index in [4.69, 9.17) is 5.10 Å². The number of hydrogen-bond donors (Lipinski definition) is 0. The summed E-state index contributed by atoms with van der Waals surface area (Å²) >= 11 is 0. The minimum atomic E-state index is -0.241. The molecule has 0 radical (unpaired) electrons. The highest BCUT2D eigenvalue weighted by molar-refractivity contribution is 5.86. The first-order chi connectivity index (χ1) is 11.4. The van der Waals surface area contributed by atoms with Crippen molar-refractivity contribution in [3.63, 3.8) is 0 Å². The number of fused-ring (bicyclic) bond motifs is 3. The van der Waals surface area contributed by atoms with E-state index in [1.165, 1.54) is 22.5 Å². The third kappa shape index (κ3) is 1.96. The van der Waals surface area contributed by atoms with E-state index in [1.54, 1.807) is 0 Å². The summed E-state index contributed by atoms with van der Waals surface area (Å²) in [5, 5.41) is 4.98. The van der Waals surface area contributed by atoms with Crippen molar-refractivity contribution in [3.8, 4) is 11.3 Å². The standard InChI is InChI=1S/C21H26N2O/c1-20(2)16-11-10-15-18(14-8-6-5-7-9-14)23(4)22-19(15)21(16,3)13-12-17(20)24/h5-9,16H,10-13H2,1-4H3/t16-,21-/m0/s1. The van der Waals surface area contributed by atoms with Crippen LogP contribution in [0, 0.1) is 11.3 Å². The summed E-state index contributed by atoms with van der Waals surface area (Å²) in [4.78, 5) is 12.5. The lowest BCUT2D eigenvalue weighted by molar-refractivity contribution is -0.137. The van der Waals surface area contributed by atoms with Crippen LogP contribution in [-0.4, -0.2) is 15.6 Å². The Hall–Kier alpha value is -1.90. The van der Waals surface area contributed by atoms with Gasteiger partial charge in [0.25, 0.3) is 0 Å². The molecule has 0 amide bonds. The minimum absolute atomic E-state index is 0.00971. The van der Waals surface area contributed by atoms with Crippen LogP contribution in [0.4, 0.5) is 0 Å². The fourth-order valence-corrected chi connectivity index (χ4v) is 5.33. The molecule has 126 valence electrons. The van der Waals surface area contributed by atoms with E-state index in [0.717, 1.165) is 19.3 Å². The molecule has 1 heterocycles. The second kappa shape index (κ2) is 5.05. The minimum Gasteiger partial charge on any atom is -0.299 e. The molecule has 3 nitrogen and oxygen atoms in total. The number of ketones is 1. The van der Waals surface area contributed by atoms with Crippen molar-refractivity contribution in [2.24, 2.45) is 18.4 Å². The van der Waals surface area contributed by atoms with Crippen LogP contribution in [0.1, 0.15) is 51.3 Å². The summed E-state index contributed by atoms with van der Waals surface area (Å²) in [7, 11) is 2.05. The number of carbonyl (C=O) groups excluding carboxylic acids is 1. The smallest absolute Gasteiger partial charge is 0.138 e. The van der Waals surface area contributed by atoms with Gasteiger partial charge in [-0.25, -0.2) is 0 Å². The van der Waals surface area contributed by atoms with Crippen LogP contribution in [0.5, 0.6) is 0 Å². The predicted octanol–water partition coefficient (Wildman–Crippen LogP) is 4.30. The second-order valence-electron chi connectivity index (χ2n) is 8.32. The van der Waals surface area contributed by atoms with Crippen molar-refractivity contribution in [1.29, 1.82) is 0 Å². The van der Waals surface area contributed by atoms with Crippen LogP contribution in [-0.2, 0) is 23.7 Å². The average molecular weight is 322 g/mol. The number of nitrogens with zero attached hydrogens (tertiary/aromatic N) is 2. The summed E-state index contributed by atoms with van der Waals surface area (Å²) in [6.07, 6.45) is 3.70. The predicted molar refractivity (Wildman–Crippen MR) is 95.8 cm³/mol. The van der Waals surface area contributed by atoms with E-state index >= 15 is 0 Å². The summed E-state index contributed by atoms with van der Waals surface area (Å²) < 4.78 is 2.05. The maximum absolute atomic E-state index is 12.5. The first-order valence-corrected chi connectivity index (χ1v) is 9.01. The van der Waals surface area contributed by atoms with Gasteiger partial charge < -0.3 is 0 Å². The molecule has 2 aliphatic rings. The lowest BCUT2D eigenvalue weighted by Gasteiger charge is -2.51. The van der Waals surface area contributed by atoms with Gasteiger partial charge in [0.2, 0.25) is 0 Å². The Morgan fingerprint density at radius 3 is 2.54 bits per heavy atom. The zero-order valence-corrected chi connectivity index (χ0v) is 15.1. The summed E-state index contributed by atoms with van der Waals surface area (Å²) in [6.45, 7) is 6.62. The van der Waals surface area contributed by atoms with Crippen LogP contribution >= 0.6 is 0 Å². The molecule has 0 unspecified atom stereocenters. The maximum atomic E-state index is 12.5. The second-order valence-corrected chi connectivity index (χ2v) is 8.32. The van der Waals surface area contributed by atoms with Gasteiger partial charge in [0.05, 0.1) is 11.4 Å². The first kappa shape index (κ1) is 15.6. The number of Topliss-reactive ketones (excluding diaryl/α,β-unsaturated/α-hetero) is 1. The van der Waals surface area contributed by atoms with E-state index in [-0.39, 0.29) is 10.8 Å². The van der Waals surface area contributed by atoms with Gasteiger partial charge in [-0.1, -0.05) is 51.1 Å². The quantitative estimate of drug-likeness (QED) is 0.785. The highest BCUT2D eigenvalue weighted by Gasteiger charge is 2.55. The Bertz CT molecular complexity index is 803. The van der Waals surface area contributed by atoms with Crippen molar-refractivity contribution in [2.75, 3.05) is 0 Å². The van der Waals surface area contributed by atoms with Crippen molar-refractivity contribution < 1.29 is 4.79 Å². The largest absolute Gasteiger partial charge is 0.299 e. The number of aryl methyl sites for hydroxylation is 1. The molecule has 1 aromatic carbocycles. The molecule has 2 aromatic rings. The van der Waals surface area contributed by atoms with Crippen molar-refractivity contribution in [1.82, 2.24) is 9.78 Å². The van der Waals surface area contributed by atoms with Crippen LogP contribution in [0.2, 0.25) is 0 Å². The normalized spacial score (nSPS) is 28.3. The number of rotatable bonds is 1.